The summed E-state index contributed by atoms with van der Waals surface area (Å²) < 4.78 is 5.61. The van der Waals surface area contributed by atoms with Gasteiger partial charge in [0.1, 0.15) is 5.75 Å². The molecule has 16 heavy (non-hydrogen) atoms. The SMILES string of the molecule is C[C@H]1Oc2ccccc2CN(CCN)C1=O. The summed E-state index contributed by atoms with van der Waals surface area (Å²) in [4.78, 5) is 13.7. The molecule has 0 aliphatic carbocycles. The number of nitrogens with two attached hydrogens (primary N) is 1. The van der Waals surface area contributed by atoms with Crippen molar-refractivity contribution in [2.75, 3.05) is 13.1 Å². The van der Waals surface area contributed by atoms with Crippen molar-refractivity contribution in [3.05, 3.63) is 29.8 Å². The first-order valence-electron chi connectivity index (χ1n) is 5.46. The fourth-order valence-electron chi connectivity index (χ4n) is 1.88. The summed E-state index contributed by atoms with van der Waals surface area (Å²) in [5.41, 5.74) is 6.54. The van der Waals surface area contributed by atoms with Crippen LogP contribution < -0.4 is 10.5 Å². The van der Waals surface area contributed by atoms with Gasteiger partial charge in [-0.1, -0.05) is 18.2 Å². The third kappa shape index (κ3) is 2.02. The van der Waals surface area contributed by atoms with Gasteiger partial charge in [0.2, 0.25) is 0 Å². The van der Waals surface area contributed by atoms with Crippen molar-refractivity contribution in [3.63, 3.8) is 0 Å². The molecule has 2 N–H and O–H groups in total. The lowest BCUT2D eigenvalue weighted by molar-refractivity contribution is -0.137. The monoisotopic (exact) mass is 220 g/mol. The number of nitrogens with zero attached hydrogens (tertiary/aromatic N) is 1. The van der Waals surface area contributed by atoms with E-state index in [1.807, 2.05) is 24.3 Å². The Morgan fingerprint density at radius 3 is 3.00 bits per heavy atom. The van der Waals surface area contributed by atoms with Crippen molar-refractivity contribution in [2.45, 2.75) is 19.6 Å². The number of amides is 1. The maximum Gasteiger partial charge on any atom is 0.263 e. The summed E-state index contributed by atoms with van der Waals surface area (Å²) >= 11 is 0. The summed E-state index contributed by atoms with van der Waals surface area (Å²) in [6, 6.07) is 7.73. The van der Waals surface area contributed by atoms with Crippen molar-refractivity contribution in [3.8, 4) is 5.75 Å². The van der Waals surface area contributed by atoms with E-state index in [0.717, 1.165) is 11.3 Å². The van der Waals surface area contributed by atoms with Crippen molar-refractivity contribution >= 4 is 5.91 Å². The number of rotatable bonds is 2. The van der Waals surface area contributed by atoms with Gasteiger partial charge >= 0.3 is 0 Å². The molecule has 4 nitrogen and oxygen atoms in total. The average molecular weight is 220 g/mol. The van der Waals surface area contributed by atoms with Gasteiger partial charge in [-0.25, -0.2) is 0 Å². The number of fused-ring (bicyclic) bond motifs is 1. The summed E-state index contributed by atoms with van der Waals surface area (Å²) in [6.07, 6.45) is -0.435. The van der Waals surface area contributed by atoms with E-state index in [-0.39, 0.29) is 5.91 Å². The van der Waals surface area contributed by atoms with Crippen molar-refractivity contribution in [1.29, 1.82) is 0 Å². The van der Waals surface area contributed by atoms with Crippen molar-refractivity contribution in [1.82, 2.24) is 4.90 Å². The number of benzene rings is 1. The lowest BCUT2D eigenvalue weighted by atomic mass is 10.2. The Labute approximate surface area is 95.0 Å². The maximum absolute atomic E-state index is 11.9. The van der Waals surface area contributed by atoms with Crippen LogP contribution in [0.1, 0.15) is 12.5 Å². The molecule has 1 amide bonds. The summed E-state index contributed by atoms with van der Waals surface area (Å²) in [5.74, 6) is 0.796. The second-order valence-corrected chi connectivity index (χ2v) is 3.92. The molecule has 1 aliphatic heterocycles. The van der Waals surface area contributed by atoms with E-state index in [0.29, 0.717) is 19.6 Å². The van der Waals surface area contributed by atoms with Gasteiger partial charge in [-0.2, -0.15) is 0 Å². The highest BCUT2D eigenvalue weighted by Crippen LogP contribution is 2.24. The van der Waals surface area contributed by atoms with Crippen LogP contribution in [0.3, 0.4) is 0 Å². The zero-order valence-corrected chi connectivity index (χ0v) is 9.35. The molecule has 2 rings (SSSR count). The fraction of sp³-hybridized carbons (Fsp3) is 0.417. The normalized spacial score (nSPS) is 20.0. The molecule has 4 heteroatoms. The minimum absolute atomic E-state index is 0.00153. The number of para-hydroxylation sites is 1. The van der Waals surface area contributed by atoms with Crippen LogP contribution in [0.5, 0.6) is 5.75 Å². The lowest BCUT2D eigenvalue weighted by Crippen LogP contribution is -2.40. The van der Waals surface area contributed by atoms with E-state index in [1.165, 1.54) is 0 Å². The van der Waals surface area contributed by atoms with Crippen LogP contribution >= 0.6 is 0 Å². The third-order valence-electron chi connectivity index (χ3n) is 2.70. The lowest BCUT2D eigenvalue weighted by Gasteiger charge is -2.21. The fourth-order valence-corrected chi connectivity index (χ4v) is 1.88. The smallest absolute Gasteiger partial charge is 0.263 e. The first-order valence-corrected chi connectivity index (χ1v) is 5.46. The van der Waals surface area contributed by atoms with Gasteiger partial charge in [-0.05, 0) is 13.0 Å². The molecular weight excluding hydrogens is 204 g/mol. The van der Waals surface area contributed by atoms with E-state index in [1.54, 1.807) is 11.8 Å². The highest BCUT2D eigenvalue weighted by Gasteiger charge is 2.26. The highest BCUT2D eigenvalue weighted by atomic mass is 16.5. The Bertz CT molecular complexity index is 392. The number of ether oxygens (including phenoxy) is 1. The summed E-state index contributed by atoms with van der Waals surface area (Å²) in [5, 5.41) is 0. The van der Waals surface area contributed by atoms with Gasteiger partial charge in [-0.15, -0.1) is 0 Å². The van der Waals surface area contributed by atoms with Crippen LogP contribution in [0.2, 0.25) is 0 Å². The second-order valence-electron chi connectivity index (χ2n) is 3.92. The minimum atomic E-state index is -0.435. The quantitative estimate of drug-likeness (QED) is 0.800. The zero-order chi connectivity index (χ0) is 11.5. The molecule has 0 aromatic heterocycles. The summed E-state index contributed by atoms with van der Waals surface area (Å²) in [7, 11) is 0. The van der Waals surface area contributed by atoms with Crippen LogP contribution in [-0.4, -0.2) is 30.0 Å². The van der Waals surface area contributed by atoms with Gasteiger partial charge < -0.3 is 15.4 Å². The van der Waals surface area contributed by atoms with Crippen LogP contribution in [0.15, 0.2) is 24.3 Å². The summed E-state index contributed by atoms with van der Waals surface area (Å²) in [6.45, 7) is 3.39. The standard InChI is InChI=1S/C12H16N2O2/c1-9-12(15)14(7-6-13)8-10-4-2-3-5-11(10)16-9/h2-5,9H,6-8,13H2,1H3/t9-/m1/s1. The molecular formula is C12H16N2O2. The Morgan fingerprint density at radius 2 is 2.25 bits per heavy atom. The van der Waals surface area contributed by atoms with Gasteiger partial charge in [0.15, 0.2) is 6.10 Å². The predicted octanol–water partition coefficient (Wildman–Crippen LogP) is 0.755. The van der Waals surface area contributed by atoms with Crippen LogP contribution in [0.4, 0.5) is 0 Å². The largest absolute Gasteiger partial charge is 0.481 e. The second kappa shape index (κ2) is 4.53. The molecule has 0 radical (unpaired) electrons. The number of carbonyl (C=O) groups excluding carboxylic acids is 1. The Kier molecular flexibility index (Phi) is 3.10. The molecule has 0 spiro atoms. The average Bonchev–Trinajstić information content (AvgIpc) is 2.40. The molecule has 0 bridgehead atoms. The highest BCUT2D eigenvalue weighted by molar-refractivity contribution is 5.81. The molecule has 86 valence electrons. The van der Waals surface area contributed by atoms with Crippen LogP contribution in [-0.2, 0) is 11.3 Å². The number of hydrogen-bond acceptors (Lipinski definition) is 3. The van der Waals surface area contributed by atoms with Gasteiger partial charge in [0, 0.05) is 25.2 Å². The van der Waals surface area contributed by atoms with E-state index < -0.39 is 6.10 Å². The molecule has 0 unspecified atom stereocenters. The molecule has 1 heterocycles. The van der Waals surface area contributed by atoms with E-state index in [9.17, 15) is 4.79 Å². The minimum Gasteiger partial charge on any atom is -0.481 e. The molecule has 0 saturated carbocycles. The Morgan fingerprint density at radius 1 is 1.50 bits per heavy atom. The van der Waals surface area contributed by atoms with Crippen molar-refractivity contribution in [2.24, 2.45) is 5.73 Å². The molecule has 1 aliphatic rings. The van der Waals surface area contributed by atoms with Gasteiger partial charge in [0.25, 0.3) is 5.91 Å². The van der Waals surface area contributed by atoms with E-state index >= 15 is 0 Å². The molecule has 1 aromatic rings. The van der Waals surface area contributed by atoms with E-state index in [4.69, 9.17) is 10.5 Å². The predicted molar refractivity (Wildman–Crippen MR) is 61.0 cm³/mol. The molecule has 0 saturated heterocycles. The third-order valence-corrected chi connectivity index (χ3v) is 2.70. The Balaban J connectivity index is 2.30. The van der Waals surface area contributed by atoms with Gasteiger partial charge in [0.05, 0.1) is 0 Å². The zero-order valence-electron chi connectivity index (χ0n) is 9.35. The topological polar surface area (TPSA) is 55.6 Å². The Hall–Kier alpha value is -1.55. The molecule has 1 aromatic carbocycles. The van der Waals surface area contributed by atoms with Crippen molar-refractivity contribution < 1.29 is 9.53 Å². The van der Waals surface area contributed by atoms with Crippen LogP contribution in [0.25, 0.3) is 0 Å². The number of hydrogen-bond donors (Lipinski definition) is 1. The van der Waals surface area contributed by atoms with Gasteiger partial charge in [-0.3, -0.25) is 4.79 Å². The van der Waals surface area contributed by atoms with Crippen LogP contribution in [0, 0.1) is 0 Å². The molecule has 0 fully saturated rings. The first-order chi connectivity index (χ1) is 7.72. The maximum atomic E-state index is 11.9. The number of carbonyl (C=O) groups is 1. The first kappa shape index (κ1) is 11.0. The van der Waals surface area contributed by atoms with E-state index in [2.05, 4.69) is 0 Å². The molecule has 1 atom stereocenters.